The van der Waals surface area contributed by atoms with Crippen LogP contribution in [0.4, 0.5) is 0 Å². The quantitative estimate of drug-likeness (QED) is 0.104. The molecule has 5 atom stereocenters. The zero-order valence-corrected chi connectivity index (χ0v) is 21.7. The Hall–Kier alpha value is -4.05. The zero-order chi connectivity index (χ0) is 29.0. The number of amides is 6. The van der Waals surface area contributed by atoms with E-state index in [9.17, 15) is 33.9 Å². The number of aromatic nitrogens is 2. The minimum atomic E-state index is -1.47. The van der Waals surface area contributed by atoms with Gasteiger partial charge in [-0.2, -0.15) is 0 Å². The third-order valence-corrected chi connectivity index (χ3v) is 5.43. The molecule has 0 aliphatic heterocycles. The van der Waals surface area contributed by atoms with Gasteiger partial charge >= 0.3 is 0 Å². The molecule has 1 heterocycles. The molecular weight excluding hydrogens is 502 g/mol. The average Bonchev–Trinajstić information content (AvgIpc) is 3.37. The number of rotatable bonds is 15. The molecule has 0 aliphatic rings. The lowest BCUT2D eigenvalue weighted by molar-refractivity contribution is -0.134. The van der Waals surface area contributed by atoms with Crippen LogP contribution in [-0.4, -0.2) is 93.9 Å². The molecule has 0 saturated heterocycles. The van der Waals surface area contributed by atoms with Gasteiger partial charge in [0.2, 0.25) is 35.4 Å². The monoisotopic (exact) mass is 539 g/mol. The molecule has 0 unspecified atom stereocenters. The summed E-state index contributed by atoms with van der Waals surface area (Å²) in [6.07, 6.45) is 2.74. The predicted octanol–water partition coefficient (Wildman–Crippen LogP) is -4.49. The number of hydrogen-bond donors (Lipinski definition) is 9. The summed E-state index contributed by atoms with van der Waals surface area (Å²) in [6, 6.07) is -5.54. The molecular formula is C22H37N9O7. The number of hydrogen-bond acceptors (Lipinski definition) is 9. The van der Waals surface area contributed by atoms with Crippen LogP contribution in [0, 0.1) is 5.92 Å². The number of nitrogens with two attached hydrogens (primary N) is 2. The number of carbonyl (C=O) groups excluding carboxylic acids is 6. The van der Waals surface area contributed by atoms with E-state index < -0.39 is 78.8 Å². The van der Waals surface area contributed by atoms with Crippen LogP contribution in [0.5, 0.6) is 0 Å². The number of primary amides is 1. The maximum absolute atomic E-state index is 13.0. The smallest absolute Gasteiger partial charge is 0.245 e. The predicted molar refractivity (Wildman–Crippen MR) is 133 cm³/mol. The van der Waals surface area contributed by atoms with Crippen LogP contribution in [0.1, 0.15) is 33.4 Å². The van der Waals surface area contributed by atoms with Gasteiger partial charge in [-0.25, -0.2) is 4.98 Å². The lowest BCUT2D eigenvalue weighted by atomic mass is 10.0. The number of aromatic amines is 1. The number of aliphatic hydroxyl groups is 1. The Morgan fingerprint density at radius 3 is 2.05 bits per heavy atom. The lowest BCUT2D eigenvalue weighted by Crippen LogP contribution is -2.59. The molecule has 0 aliphatic carbocycles. The fraction of sp³-hybridized carbons (Fsp3) is 0.591. The van der Waals surface area contributed by atoms with Crippen molar-refractivity contribution in [3.8, 4) is 0 Å². The lowest BCUT2D eigenvalue weighted by Gasteiger charge is -2.24. The molecule has 1 aromatic heterocycles. The molecule has 6 amide bonds. The van der Waals surface area contributed by atoms with Crippen molar-refractivity contribution in [2.24, 2.45) is 17.4 Å². The summed E-state index contributed by atoms with van der Waals surface area (Å²) in [5, 5.41) is 21.4. The molecule has 0 bridgehead atoms. The van der Waals surface area contributed by atoms with Gasteiger partial charge in [0, 0.05) is 18.3 Å². The number of aliphatic hydroxyl groups excluding tert-OH is 1. The summed E-state index contributed by atoms with van der Waals surface area (Å²) in [4.78, 5) is 79.9. The van der Waals surface area contributed by atoms with E-state index in [4.69, 9.17) is 11.5 Å². The summed E-state index contributed by atoms with van der Waals surface area (Å²) >= 11 is 0. The second-order valence-corrected chi connectivity index (χ2v) is 9.00. The zero-order valence-electron chi connectivity index (χ0n) is 21.7. The largest absolute Gasteiger partial charge is 0.394 e. The first kappa shape index (κ1) is 32.0. The molecule has 11 N–H and O–H groups in total. The summed E-state index contributed by atoms with van der Waals surface area (Å²) in [5.41, 5.74) is 11.3. The minimum absolute atomic E-state index is 0.0586. The van der Waals surface area contributed by atoms with E-state index in [0.717, 1.165) is 0 Å². The van der Waals surface area contributed by atoms with Crippen molar-refractivity contribution in [3.05, 3.63) is 18.2 Å². The van der Waals surface area contributed by atoms with Crippen molar-refractivity contribution in [1.82, 2.24) is 36.6 Å². The maximum atomic E-state index is 13.0. The Kier molecular flexibility index (Phi) is 12.8. The highest BCUT2D eigenvalue weighted by Crippen LogP contribution is 2.02. The van der Waals surface area contributed by atoms with Crippen LogP contribution in [0.3, 0.4) is 0 Å². The number of nitrogens with one attached hydrogen (secondary N) is 6. The summed E-state index contributed by atoms with van der Waals surface area (Å²) in [5.74, 6) is -4.60. The highest BCUT2D eigenvalue weighted by Gasteiger charge is 2.29. The Balaban J connectivity index is 2.84. The molecule has 0 radical (unpaired) electrons. The van der Waals surface area contributed by atoms with Crippen molar-refractivity contribution < 1.29 is 33.9 Å². The molecule has 16 heteroatoms. The third-order valence-electron chi connectivity index (χ3n) is 5.43. The van der Waals surface area contributed by atoms with Gasteiger partial charge in [0.1, 0.15) is 24.2 Å². The van der Waals surface area contributed by atoms with Crippen molar-refractivity contribution >= 4 is 35.4 Å². The minimum Gasteiger partial charge on any atom is -0.394 e. The van der Waals surface area contributed by atoms with Crippen molar-refractivity contribution in [2.75, 3.05) is 13.2 Å². The van der Waals surface area contributed by atoms with E-state index in [1.807, 2.05) is 0 Å². The van der Waals surface area contributed by atoms with Gasteiger partial charge < -0.3 is 48.1 Å². The van der Waals surface area contributed by atoms with E-state index in [2.05, 4.69) is 36.6 Å². The summed E-state index contributed by atoms with van der Waals surface area (Å²) < 4.78 is 0. The fourth-order valence-corrected chi connectivity index (χ4v) is 2.92. The van der Waals surface area contributed by atoms with Crippen LogP contribution in [0.15, 0.2) is 12.5 Å². The molecule has 0 aromatic carbocycles. The molecule has 0 fully saturated rings. The van der Waals surface area contributed by atoms with Crippen LogP contribution in [-0.2, 0) is 35.2 Å². The van der Waals surface area contributed by atoms with Gasteiger partial charge in [-0.15, -0.1) is 0 Å². The Labute approximate surface area is 219 Å². The first-order valence-electron chi connectivity index (χ1n) is 11.9. The van der Waals surface area contributed by atoms with Gasteiger partial charge in [-0.05, 0) is 19.8 Å². The second-order valence-electron chi connectivity index (χ2n) is 9.00. The molecule has 1 rings (SSSR count). The number of imidazole rings is 1. The van der Waals surface area contributed by atoms with Gasteiger partial charge in [0.05, 0.1) is 25.5 Å². The molecule has 212 valence electrons. The SMILES string of the molecule is CC(C)[C@H](N)C(=O)N[C@@H](C)C(=O)N[C@@H](Cc1cnc[nH]1)C(=O)N[C@@H](CO)C(=O)NCC(=O)N[C@@H](C)C(N)=O. The van der Waals surface area contributed by atoms with E-state index >= 15 is 0 Å². The Morgan fingerprint density at radius 1 is 0.895 bits per heavy atom. The number of H-pyrrole nitrogens is 1. The van der Waals surface area contributed by atoms with Crippen LogP contribution in [0.2, 0.25) is 0 Å². The van der Waals surface area contributed by atoms with Crippen LogP contribution in [0.25, 0.3) is 0 Å². The van der Waals surface area contributed by atoms with E-state index in [-0.39, 0.29) is 12.3 Å². The van der Waals surface area contributed by atoms with Crippen molar-refractivity contribution in [3.63, 3.8) is 0 Å². The molecule has 0 saturated carbocycles. The standard InChI is InChI=1S/C22H37N9O7/c1-10(2)17(23)22(38)29-12(4)19(35)30-14(5-13-6-25-9-27-13)21(37)31-15(8-32)20(36)26-7-16(33)28-11(3)18(24)34/h6,9-12,14-15,17,32H,5,7-8,23H2,1-4H3,(H2,24,34)(H,25,27)(H,26,36)(H,28,33)(H,29,38)(H,30,35)(H,31,37)/t11-,12-,14-,15-,17-/m0/s1. The van der Waals surface area contributed by atoms with E-state index in [0.29, 0.717) is 5.69 Å². The van der Waals surface area contributed by atoms with E-state index in [1.165, 1.54) is 26.4 Å². The maximum Gasteiger partial charge on any atom is 0.245 e. The van der Waals surface area contributed by atoms with Crippen LogP contribution >= 0.6 is 0 Å². The first-order chi connectivity index (χ1) is 17.8. The Bertz CT molecular complexity index is 984. The van der Waals surface area contributed by atoms with Gasteiger partial charge in [0.25, 0.3) is 0 Å². The third kappa shape index (κ3) is 10.5. The Morgan fingerprint density at radius 2 is 1.53 bits per heavy atom. The number of carbonyl (C=O) groups is 6. The molecule has 38 heavy (non-hydrogen) atoms. The highest BCUT2D eigenvalue weighted by atomic mass is 16.3. The highest BCUT2D eigenvalue weighted by molar-refractivity contribution is 5.95. The first-order valence-corrected chi connectivity index (χ1v) is 11.9. The molecule has 0 spiro atoms. The molecule has 1 aromatic rings. The normalized spacial score (nSPS) is 14.8. The number of nitrogens with zero attached hydrogens (tertiary/aromatic N) is 1. The second kappa shape index (κ2) is 15.3. The van der Waals surface area contributed by atoms with Gasteiger partial charge in [-0.3, -0.25) is 28.8 Å². The van der Waals surface area contributed by atoms with Gasteiger partial charge in [0.15, 0.2) is 0 Å². The van der Waals surface area contributed by atoms with Crippen molar-refractivity contribution in [1.29, 1.82) is 0 Å². The summed E-state index contributed by atoms with van der Waals surface area (Å²) in [7, 11) is 0. The average molecular weight is 540 g/mol. The summed E-state index contributed by atoms with van der Waals surface area (Å²) in [6.45, 7) is 4.91. The van der Waals surface area contributed by atoms with Gasteiger partial charge in [-0.1, -0.05) is 13.8 Å². The van der Waals surface area contributed by atoms with Crippen molar-refractivity contribution in [2.45, 2.75) is 64.3 Å². The van der Waals surface area contributed by atoms with Crippen LogP contribution < -0.4 is 38.1 Å². The fourth-order valence-electron chi connectivity index (χ4n) is 2.92. The molecule has 16 nitrogen and oxygen atoms in total. The van der Waals surface area contributed by atoms with E-state index in [1.54, 1.807) is 13.8 Å². The topological polar surface area (TPSA) is 264 Å².